The molecule has 2 N–H and O–H groups in total. The molecule has 0 aromatic rings. The molecule has 0 saturated carbocycles. The van der Waals surface area contributed by atoms with E-state index in [1.807, 2.05) is 0 Å². The van der Waals surface area contributed by atoms with E-state index in [0.29, 0.717) is 0 Å². The molecule has 0 heterocycles. The van der Waals surface area contributed by atoms with Crippen LogP contribution < -0.4 is 0 Å². The minimum Gasteiger partial charge on any atom is -0.391 e. The summed E-state index contributed by atoms with van der Waals surface area (Å²) in [7, 11) is 12.3. The first-order chi connectivity index (χ1) is 9.75. The van der Waals surface area contributed by atoms with Gasteiger partial charge in [-0.3, -0.25) is 9.59 Å². The van der Waals surface area contributed by atoms with Gasteiger partial charge in [-0.1, -0.05) is 0 Å². The monoisotopic (exact) mass is 362 g/mol. The van der Waals surface area contributed by atoms with Crippen LogP contribution in [0.5, 0.6) is 0 Å². The number of halogens is 2. The van der Waals surface area contributed by atoms with Crippen LogP contribution in [0.3, 0.4) is 0 Å². The summed E-state index contributed by atoms with van der Waals surface area (Å²) in [6.07, 6.45) is 0.0633. The van der Waals surface area contributed by atoms with E-state index >= 15 is 0 Å². The first kappa shape index (κ1) is 26.6. The third-order valence-corrected chi connectivity index (χ3v) is 2.44. The number of carbonyl (C=O) groups is 2. The summed E-state index contributed by atoms with van der Waals surface area (Å²) in [6.45, 7) is 2.23. The Morgan fingerprint density at radius 1 is 0.727 bits per heavy atom. The number of likely N-dealkylation sites (N-methyl/N-ethyl adjacent to an activating group) is 2. The van der Waals surface area contributed by atoms with Crippen LogP contribution >= 0.6 is 23.2 Å². The second-order valence-electron chi connectivity index (χ2n) is 6.69. The second kappa shape index (κ2) is 14.4. The highest BCUT2D eigenvalue weighted by molar-refractivity contribution is 6.65. The minimum absolute atomic E-state index is 0.0316. The van der Waals surface area contributed by atoms with E-state index < -0.39 is 10.5 Å². The third-order valence-electron chi connectivity index (χ3n) is 2.06. The number of rotatable bonds is 7. The number of hydrogen-bond donors (Lipinski definition) is 2. The van der Waals surface area contributed by atoms with E-state index in [1.165, 1.54) is 0 Å². The van der Waals surface area contributed by atoms with E-state index in [4.69, 9.17) is 33.4 Å². The molecule has 0 aliphatic carbocycles. The molecular weight excluding hydrogens is 331 g/mol. The summed E-state index contributed by atoms with van der Waals surface area (Å²) in [5.41, 5.74) is 0. The Hall–Kier alpha value is -0.240. The molecule has 0 fully saturated rings. The summed E-state index contributed by atoms with van der Waals surface area (Å²) in [5.74, 6) is 0. The molecule has 0 aliphatic heterocycles. The molecule has 134 valence electrons. The van der Waals surface area contributed by atoms with Crippen LogP contribution in [0.1, 0.15) is 12.8 Å². The lowest BCUT2D eigenvalue weighted by atomic mass is 10.4. The minimum atomic E-state index is -0.529. The van der Waals surface area contributed by atoms with Gasteiger partial charge >= 0.3 is 0 Å². The lowest BCUT2D eigenvalue weighted by Gasteiger charge is -2.21. The maximum Gasteiger partial charge on any atom is 0.222 e. The number of nitrogens with zero attached hydrogens (tertiary/aromatic N) is 2. The van der Waals surface area contributed by atoms with E-state index in [-0.39, 0.29) is 26.1 Å². The van der Waals surface area contributed by atoms with Crippen molar-refractivity contribution in [1.82, 2.24) is 0 Å². The van der Waals surface area contributed by atoms with Crippen molar-refractivity contribution in [3.8, 4) is 0 Å². The van der Waals surface area contributed by atoms with Gasteiger partial charge in [0.25, 0.3) is 0 Å². The van der Waals surface area contributed by atoms with Crippen LogP contribution in [0.25, 0.3) is 0 Å². The molecule has 0 aromatic heterocycles. The molecule has 0 aliphatic rings. The molecule has 0 rings (SSSR count). The topological polar surface area (TPSA) is 74.6 Å². The molecular formula is C14H32Cl2N2O4+2. The number of aliphatic hydroxyl groups excluding tert-OH is 2. The van der Waals surface area contributed by atoms with Crippen LogP contribution in [-0.2, 0) is 9.59 Å². The fourth-order valence-corrected chi connectivity index (χ4v) is 0.986. The SMILES string of the molecule is C[N+](C)(C)CCO.C[N+](C)(C)CCO.O=C(Cl)CCC(=O)Cl. The maximum absolute atomic E-state index is 9.90. The fraction of sp³-hybridized carbons (Fsp3) is 0.857. The highest BCUT2D eigenvalue weighted by Crippen LogP contribution is 1.97. The summed E-state index contributed by atoms with van der Waals surface area (Å²) in [5, 5.41) is 15.7. The highest BCUT2D eigenvalue weighted by atomic mass is 35.5. The Balaban J connectivity index is -0.000000247. The van der Waals surface area contributed by atoms with Crippen LogP contribution in [0.2, 0.25) is 0 Å². The maximum atomic E-state index is 9.90. The zero-order chi connectivity index (χ0) is 18.4. The zero-order valence-electron chi connectivity index (χ0n) is 14.6. The Morgan fingerprint density at radius 3 is 1.00 bits per heavy atom. The van der Waals surface area contributed by atoms with E-state index in [0.717, 1.165) is 22.1 Å². The van der Waals surface area contributed by atoms with Gasteiger partial charge in [0, 0.05) is 12.8 Å². The molecule has 6 nitrogen and oxygen atoms in total. The van der Waals surface area contributed by atoms with Crippen molar-refractivity contribution >= 4 is 33.7 Å². The standard InChI is InChI=1S/2C5H14NO.C4H4Cl2O2/c2*1-6(2,3)4-5-7;5-3(7)1-2-4(6)8/h2*7H,4-5H2,1-3H3;1-2H2/q2*+1;. The van der Waals surface area contributed by atoms with Crippen LogP contribution in [-0.4, -0.2) is 98.3 Å². The van der Waals surface area contributed by atoms with Crippen molar-refractivity contribution in [2.45, 2.75) is 12.8 Å². The van der Waals surface area contributed by atoms with Crippen LogP contribution in [0.4, 0.5) is 0 Å². The summed E-state index contributed by atoms with van der Waals surface area (Å²) < 4.78 is 1.69. The predicted octanol–water partition coefficient (Wildman–Crippen LogP) is 0.667. The molecule has 0 unspecified atom stereocenters. The molecule has 22 heavy (non-hydrogen) atoms. The lowest BCUT2D eigenvalue weighted by molar-refractivity contribution is -0.870. The summed E-state index contributed by atoms with van der Waals surface area (Å²) >= 11 is 9.74. The van der Waals surface area contributed by atoms with E-state index in [9.17, 15) is 9.59 Å². The Kier molecular flexibility index (Phi) is 17.4. The number of aliphatic hydroxyl groups is 2. The fourth-order valence-electron chi connectivity index (χ4n) is 0.797. The van der Waals surface area contributed by atoms with Crippen molar-refractivity contribution in [2.24, 2.45) is 0 Å². The van der Waals surface area contributed by atoms with Crippen molar-refractivity contribution in [1.29, 1.82) is 0 Å². The Morgan fingerprint density at radius 2 is 0.955 bits per heavy atom. The van der Waals surface area contributed by atoms with Gasteiger partial charge in [-0.05, 0) is 23.2 Å². The lowest BCUT2D eigenvalue weighted by Crippen LogP contribution is -2.36. The molecule has 0 atom stereocenters. The van der Waals surface area contributed by atoms with Gasteiger partial charge in [-0.2, -0.15) is 0 Å². The smallest absolute Gasteiger partial charge is 0.222 e. The zero-order valence-corrected chi connectivity index (χ0v) is 16.1. The average Bonchev–Trinajstić information content (AvgIpc) is 2.24. The quantitative estimate of drug-likeness (QED) is 0.515. The molecule has 0 spiro atoms. The first-order valence-electron chi connectivity index (χ1n) is 6.94. The molecule has 8 heteroatoms. The molecule has 0 radical (unpaired) electrons. The number of carbonyl (C=O) groups excluding carboxylic acids is 2. The molecule has 0 aromatic carbocycles. The largest absolute Gasteiger partial charge is 0.391 e. The van der Waals surface area contributed by atoms with Crippen molar-refractivity contribution in [2.75, 3.05) is 68.6 Å². The van der Waals surface area contributed by atoms with E-state index in [1.54, 1.807) is 0 Å². The summed E-state index contributed by atoms with van der Waals surface area (Å²) in [4.78, 5) is 19.8. The first-order valence-corrected chi connectivity index (χ1v) is 7.70. The van der Waals surface area contributed by atoms with Crippen molar-refractivity contribution < 1.29 is 28.8 Å². The number of quaternary nitrogens is 2. The van der Waals surface area contributed by atoms with Gasteiger partial charge in [0.05, 0.1) is 55.5 Å². The van der Waals surface area contributed by atoms with E-state index in [2.05, 4.69) is 42.3 Å². The van der Waals surface area contributed by atoms with Gasteiger partial charge in [0.15, 0.2) is 0 Å². The Bertz CT molecular complexity index is 270. The third kappa shape index (κ3) is 42.7. The van der Waals surface area contributed by atoms with Crippen molar-refractivity contribution in [3.05, 3.63) is 0 Å². The van der Waals surface area contributed by atoms with Crippen LogP contribution in [0.15, 0.2) is 0 Å². The van der Waals surface area contributed by atoms with Crippen LogP contribution in [0, 0.1) is 0 Å². The van der Waals surface area contributed by atoms with Crippen molar-refractivity contribution in [3.63, 3.8) is 0 Å². The highest BCUT2D eigenvalue weighted by Gasteiger charge is 2.03. The second-order valence-corrected chi connectivity index (χ2v) is 7.53. The molecule has 0 saturated heterocycles. The Labute approximate surface area is 144 Å². The average molecular weight is 363 g/mol. The molecule has 0 bridgehead atoms. The van der Waals surface area contributed by atoms with Gasteiger partial charge < -0.3 is 19.2 Å². The predicted molar refractivity (Wildman–Crippen MR) is 90.9 cm³/mol. The summed E-state index contributed by atoms with van der Waals surface area (Å²) in [6, 6.07) is 0. The number of hydrogen-bond acceptors (Lipinski definition) is 4. The van der Waals surface area contributed by atoms with Gasteiger partial charge in [0.1, 0.15) is 13.1 Å². The molecule has 0 amide bonds. The van der Waals surface area contributed by atoms with Gasteiger partial charge in [-0.15, -0.1) is 0 Å². The van der Waals surface area contributed by atoms with Gasteiger partial charge in [0.2, 0.25) is 10.5 Å². The van der Waals surface area contributed by atoms with Gasteiger partial charge in [-0.25, -0.2) is 0 Å². The normalized spacial score (nSPS) is 10.8.